The molecule has 0 spiro atoms. The lowest BCUT2D eigenvalue weighted by Gasteiger charge is -2.28. The summed E-state index contributed by atoms with van der Waals surface area (Å²) in [6, 6.07) is 21.2. The van der Waals surface area contributed by atoms with E-state index in [2.05, 4.69) is 12.1 Å². The molecule has 0 radical (unpaired) electrons. The van der Waals surface area contributed by atoms with Crippen molar-refractivity contribution in [2.75, 3.05) is 11.5 Å². The molecule has 39 heavy (non-hydrogen) atoms. The summed E-state index contributed by atoms with van der Waals surface area (Å²) in [6.07, 6.45) is 1.80. The standard InChI is InChI=1S/C30H24N2O7/c33-25(18-6-12-22(13-7-18)32(37)38)16-39-30(36)19-8-10-21(11-9-19)31-28(34)26-20-14-23(17-4-2-1-3-5-17)24(15-20)27(26)29(31)35/h1-13,20,23-24,26-27H,14-16H2/t20-,23-,24+,26+,27-/m0/s1. The summed E-state index contributed by atoms with van der Waals surface area (Å²) in [7, 11) is 0. The van der Waals surface area contributed by atoms with Crippen LogP contribution in [-0.2, 0) is 14.3 Å². The number of nitrogens with zero attached hydrogens (tertiary/aromatic N) is 2. The lowest BCUT2D eigenvalue weighted by atomic mass is 9.73. The first kappa shape index (κ1) is 24.7. The number of nitro benzene ring substituents is 1. The third kappa shape index (κ3) is 4.20. The van der Waals surface area contributed by atoms with Gasteiger partial charge in [0, 0.05) is 17.7 Å². The second kappa shape index (κ2) is 9.58. The average molecular weight is 525 g/mol. The van der Waals surface area contributed by atoms with Crippen molar-refractivity contribution in [2.24, 2.45) is 23.7 Å². The maximum Gasteiger partial charge on any atom is 0.338 e. The predicted molar refractivity (Wildman–Crippen MR) is 139 cm³/mol. The first-order valence-corrected chi connectivity index (χ1v) is 12.8. The number of ether oxygens (including phenoxy) is 1. The molecule has 2 amide bonds. The number of benzene rings is 3. The molecule has 2 saturated carbocycles. The number of hydrogen-bond donors (Lipinski definition) is 0. The average Bonchev–Trinajstić information content (AvgIpc) is 3.63. The summed E-state index contributed by atoms with van der Waals surface area (Å²) < 4.78 is 5.11. The maximum atomic E-state index is 13.5. The van der Waals surface area contributed by atoms with Gasteiger partial charge in [0.1, 0.15) is 0 Å². The molecule has 196 valence electrons. The van der Waals surface area contributed by atoms with E-state index in [9.17, 15) is 29.3 Å². The smallest absolute Gasteiger partial charge is 0.338 e. The van der Waals surface area contributed by atoms with Crippen LogP contribution in [0.15, 0.2) is 78.9 Å². The number of nitro groups is 1. The zero-order valence-electron chi connectivity index (χ0n) is 20.8. The molecular formula is C30H24N2O7. The molecule has 2 aliphatic carbocycles. The second-order valence-corrected chi connectivity index (χ2v) is 10.3. The molecule has 3 aliphatic rings. The van der Waals surface area contributed by atoms with E-state index in [0.717, 1.165) is 12.8 Å². The zero-order valence-corrected chi connectivity index (χ0v) is 20.8. The number of ketones is 1. The quantitative estimate of drug-likeness (QED) is 0.146. The summed E-state index contributed by atoms with van der Waals surface area (Å²) >= 11 is 0. The highest BCUT2D eigenvalue weighted by Crippen LogP contribution is 2.61. The van der Waals surface area contributed by atoms with E-state index in [4.69, 9.17) is 4.74 Å². The lowest BCUT2D eigenvalue weighted by Crippen LogP contribution is -2.33. The Morgan fingerprint density at radius 1 is 0.846 bits per heavy atom. The maximum absolute atomic E-state index is 13.5. The van der Waals surface area contributed by atoms with E-state index in [1.807, 2.05) is 18.2 Å². The number of amides is 2. The molecule has 0 N–H and O–H groups in total. The molecule has 0 aromatic heterocycles. The highest BCUT2D eigenvalue weighted by Gasteiger charge is 2.64. The van der Waals surface area contributed by atoms with E-state index in [1.165, 1.54) is 46.9 Å². The van der Waals surface area contributed by atoms with Crippen molar-refractivity contribution in [3.05, 3.63) is 106 Å². The predicted octanol–water partition coefficient (Wildman–Crippen LogP) is 4.56. The van der Waals surface area contributed by atoms with Gasteiger partial charge in [-0.1, -0.05) is 30.3 Å². The van der Waals surface area contributed by atoms with Crippen LogP contribution in [0.1, 0.15) is 45.0 Å². The molecule has 0 unspecified atom stereocenters. The lowest BCUT2D eigenvalue weighted by molar-refractivity contribution is -0.384. The Hall–Kier alpha value is -4.66. The Bertz CT molecular complexity index is 1480. The Kier molecular flexibility index (Phi) is 6.06. The molecule has 9 heteroatoms. The summed E-state index contributed by atoms with van der Waals surface area (Å²) in [5.41, 5.74) is 1.83. The summed E-state index contributed by atoms with van der Waals surface area (Å²) in [6.45, 7) is -0.532. The molecule has 9 nitrogen and oxygen atoms in total. The van der Waals surface area contributed by atoms with Crippen molar-refractivity contribution in [3.8, 4) is 0 Å². The number of anilines is 1. The van der Waals surface area contributed by atoms with Gasteiger partial charge in [-0.25, -0.2) is 4.79 Å². The van der Waals surface area contributed by atoms with Gasteiger partial charge in [0.05, 0.1) is 28.0 Å². The van der Waals surface area contributed by atoms with Crippen molar-refractivity contribution < 1.29 is 28.8 Å². The van der Waals surface area contributed by atoms with E-state index in [-0.39, 0.29) is 58.2 Å². The van der Waals surface area contributed by atoms with Gasteiger partial charge >= 0.3 is 5.97 Å². The normalized spacial score (nSPS) is 25.0. The van der Waals surface area contributed by atoms with Crippen LogP contribution in [0, 0.1) is 33.8 Å². The minimum Gasteiger partial charge on any atom is -0.454 e. The van der Waals surface area contributed by atoms with Crippen LogP contribution >= 0.6 is 0 Å². The Balaban J connectivity index is 1.11. The Labute approximate surface area is 223 Å². The minimum atomic E-state index is -0.739. The van der Waals surface area contributed by atoms with Gasteiger partial charge in [-0.3, -0.25) is 29.4 Å². The van der Waals surface area contributed by atoms with Crippen LogP contribution < -0.4 is 4.90 Å². The van der Waals surface area contributed by atoms with Crippen LogP contribution in [0.5, 0.6) is 0 Å². The molecule has 5 atom stereocenters. The van der Waals surface area contributed by atoms with E-state index >= 15 is 0 Å². The number of fused-ring (bicyclic) bond motifs is 5. The fraction of sp³-hybridized carbons (Fsp3) is 0.267. The van der Waals surface area contributed by atoms with Crippen molar-refractivity contribution in [1.82, 2.24) is 0 Å². The molecule has 1 saturated heterocycles. The number of Topliss-reactive ketones (excluding diaryl/α,β-unsaturated/α-hetero) is 1. The zero-order chi connectivity index (χ0) is 27.3. The molecule has 2 bridgehead atoms. The van der Waals surface area contributed by atoms with Gasteiger partial charge in [0.2, 0.25) is 11.8 Å². The molecule has 6 rings (SSSR count). The number of carbonyl (C=O) groups is 4. The Morgan fingerprint density at radius 2 is 1.49 bits per heavy atom. The van der Waals surface area contributed by atoms with Crippen LogP contribution in [0.25, 0.3) is 0 Å². The highest BCUT2D eigenvalue weighted by atomic mass is 16.6. The minimum absolute atomic E-state index is 0.145. The Morgan fingerprint density at radius 3 is 2.15 bits per heavy atom. The van der Waals surface area contributed by atoms with Crippen LogP contribution in [0.3, 0.4) is 0 Å². The molecule has 1 aliphatic heterocycles. The van der Waals surface area contributed by atoms with Gasteiger partial charge in [0.25, 0.3) is 5.69 Å². The SMILES string of the molecule is O=C(COC(=O)c1ccc(N2C(=O)[C@@H]3[C@@H]4C[C@@H]([C@@H]3C2=O)[C@H](c2ccccc2)C4)cc1)c1ccc([N+](=O)[O-])cc1. The number of rotatable bonds is 7. The topological polar surface area (TPSA) is 124 Å². The van der Waals surface area contributed by atoms with Gasteiger partial charge in [-0.2, -0.15) is 0 Å². The molecule has 3 aromatic rings. The second-order valence-electron chi connectivity index (χ2n) is 10.3. The number of non-ortho nitro benzene ring substituents is 1. The monoisotopic (exact) mass is 524 g/mol. The van der Waals surface area contributed by atoms with E-state index < -0.39 is 23.3 Å². The summed E-state index contributed by atoms with van der Waals surface area (Å²) in [5.74, 6) is -1.60. The van der Waals surface area contributed by atoms with Crippen molar-refractivity contribution >= 4 is 34.9 Å². The third-order valence-corrected chi connectivity index (χ3v) is 8.34. The van der Waals surface area contributed by atoms with E-state index in [1.54, 1.807) is 12.1 Å². The van der Waals surface area contributed by atoms with Crippen LogP contribution in [0.2, 0.25) is 0 Å². The van der Waals surface area contributed by atoms with Gasteiger partial charge in [-0.15, -0.1) is 0 Å². The van der Waals surface area contributed by atoms with E-state index in [0.29, 0.717) is 5.69 Å². The van der Waals surface area contributed by atoms with Crippen molar-refractivity contribution in [1.29, 1.82) is 0 Å². The van der Waals surface area contributed by atoms with Gasteiger partial charge in [-0.05, 0) is 72.6 Å². The number of hydrogen-bond acceptors (Lipinski definition) is 7. The third-order valence-electron chi connectivity index (χ3n) is 8.34. The number of carbonyl (C=O) groups excluding carboxylic acids is 4. The van der Waals surface area contributed by atoms with Gasteiger partial charge in [0.15, 0.2) is 12.4 Å². The first-order chi connectivity index (χ1) is 18.8. The first-order valence-electron chi connectivity index (χ1n) is 12.8. The van der Waals surface area contributed by atoms with Crippen LogP contribution in [0.4, 0.5) is 11.4 Å². The fourth-order valence-electron chi connectivity index (χ4n) is 6.61. The largest absolute Gasteiger partial charge is 0.454 e. The van der Waals surface area contributed by atoms with Crippen LogP contribution in [-0.4, -0.2) is 35.1 Å². The molecule has 3 fully saturated rings. The summed E-state index contributed by atoms with van der Waals surface area (Å²) in [4.78, 5) is 63.1. The molecule has 1 heterocycles. The number of imide groups is 1. The molecular weight excluding hydrogens is 500 g/mol. The number of esters is 1. The highest BCUT2D eigenvalue weighted by molar-refractivity contribution is 6.22. The fourth-order valence-corrected chi connectivity index (χ4v) is 6.61. The summed E-state index contributed by atoms with van der Waals surface area (Å²) in [5, 5.41) is 10.8. The van der Waals surface area contributed by atoms with Gasteiger partial charge < -0.3 is 4.74 Å². The molecule has 3 aromatic carbocycles. The van der Waals surface area contributed by atoms with Crippen molar-refractivity contribution in [2.45, 2.75) is 18.8 Å². The van der Waals surface area contributed by atoms with Crippen molar-refractivity contribution in [3.63, 3.8) is 0 Å².